The lowest BCUT2D eigenvalue weighted by Gasteiger charge is -2.09. The van der Waals surface area contributed by atoms with Gasteiger partial charge < -0.3 is 9.47 Å². The van der Waals surface area contributed by atoms with Crippen molar-refractivity contribution in [2.45, 2.75) is 11.9 Å². The molecule has 0 aliphatic heterocycles. The van der Waals surface area contributed by atoms with E-state index >= 15 is 0 Å². The molecule has 1 aromatic carbocycles. The fourth-order valence-corrected chi connectivity index (χ4v) is 3.75. The van der Waals surface area contributed by atoms with Gasteiger partial charge in [-0.1, -0.05) is 29.8 Å². The highest BCUT2D eigenvalue weighted by molar-refractivity contribution is 7.90. The largest absolute Gasteiger partial charge is 0.492 e. The van der Waals surface area contributed by atoms with Crippen molar-refractivity contribution in [1.82, 2.24) is 14.1 Å². The minimum absolute atomic E-state index is 0.197. The van der Waals surface area contributed by atoms with Crippen molar-refractivity contribution in [2.24, 2.45) is 0 Å². The van der Waals surface area contributed by atoms with Crippen molar-refractivity contribution in [3.8, 4) is 11.5 Å². The molecule has 2 heterocycles. The highest BCUT2D eigenvalue weighted by atomic mass is 35.5. The average molecular weight is 396 g/mol. The Morgan fingerprint density at radius 2 is 1.92 bits per heavy atom. The molecule has 3 aromatic rings. The van der Waals surface area contributed by atoms with E-state index in [-0.39, 0.29) is 21.6 Å². The zero-order chi connectivity index (χ0) is 18.7. The first-order valence-corrected chi connectivity index (χ1v) is 9.37. The summed E-state index contributed by atoms with van der Waals surface area (Å²) in [7, 11) is -4.34. The van der Waals surface area contributed by atoms with E-state index in [1.165, 1.54) is 22.7 Å². The lowest BCUT2D eigenvalue weighted by molar-refractivity contribution is 0.207. The second kappa shape index (κ2) is 7.22. The maximum atomic E-state index is 12.6. The van der Waals surface area contributed by atoms with E-state index in [0.29, 0.717) is 12.4 Å². The number of hydrogen-bond donors (Lipinski definition) is 1. The summed E-state index contributed by atoms with van der Waals surface area (Å²) in [5, 5.41) is -0.667. The van der Waals surface area contributed by atoms with Crippen molar-refractivity contribution >= 4 is 33.4 Å². The van der Waals surface area contributed by atoms with Crippen LogP contribution in [0.1, 0.15) is 6.92 Å². The van der Waals surface area contributed by atoms with Gasteiger partial charge in [-0.15, -0.1) is 0 Å². The van der Waals surface area contributed by atoms with E-state index in [1.54, 1.807) is 37.3 Å². The van der Waals surface area contributed by atoms with Crippen LogP contribution in [-0.2, 0) is 10.0 Å². The Hall–Kier alpha value is -2.78. The highest BCUT2D eigenvalue weighted by Gasteiger charge is 2.27. The van der Waals surface area contributed by atoms with Crippen LogP contribution in [0.2, 0.25) is 5.15 Å². The minimum Gasteiger partial charge on any atom is -0.492 e. The Morgan fingerprint density at radius 3 is 2.62 bits per heavy atom. The SMILES string of the molecule is CCOc1ccc2nc(Cl)c(S(=O)(=O)NC(=O)Oc3ccccc3)n2c1. The summed E-state index contributed by atoms with van der Waals surface area (Å²) in [6.07, 6.45) is 0.262. The number of amides is 1. The molecule has 0 unspecified atom stereocenters. The van der Waals surface area contributed by atoms with Crippen LogP contribution in [-0.4, -0.2) is 30.5 Å². The van der Waals surface area contributed by atoms with Gasteiger partial charge in [-0.2, -0.15) is 8.42 Å². The number of hydrogen-bond acceptors (Lipinski definition) is 6. The molecule has 0 saturated heterocycles. The zero-order valence-corrected chi connectivity index (χ0v) is 15.1. The summed E-state index contributed by atoms with van der Waals surface area (Å²) in [5.41, 5.74) is 0.287. The van der Waals surface area contributed by atoms with Gasteiger partial charge in [-0.25, -0.2) is 14.5 Å². The Bertz CT molecular complexity index is 1050. The number of fused-ring (bicyclic) bond motifs is 1. The number of nitrogens with zero attached hydrogens (tertiary/aromatic N) is 2. The standard InChI is InChI=1S/C16H14ClN3O5S/c1-2-24-12-8-9-13-18-14(17)15(20(13)10-12)26(22,23)19-16(21)25-11-6-4-3-5-7-11/h3-10H,2H2,1H3,(H,19,21). The van der Waals surface area contributed by atoms with E-state index in [4.69, 9.17) is 21.1 Å². The number of sulfonamides is 1. The molecule has 0 radical (unpaired) electrons. The number of halogens is 1. The third-order valence-corrected chi connectivity index (χ3v) is 4.95. The van der Waals surface area contributed by atoms with Gasteiger partial charge in [-0.3, -0.25) is 4.40 Å². The second-order valence-electron chi connectivity index (χ2n) is 5.04. The molecule has 0 aliphatic rings. The fourth-order valence-electron chi connectivity index (χ4n) is 2.24. The third-order valence-electron chi connectivity index (χ3n) is 3.24. The lowest BCUT2D eigenvalue weighted by atomic mass is 10.3. The maximum absolute atomic E-state index is 12.6. The van der Waals surface area contributed by atoms with Crippen molar-refractivity contribution in [3.63, 3.8) is 0 Å². The molecule has 0 spiro atoms. The van der Waals surface area contributed by atoms with Crippen LogP contribution in [0.5, 0.6) is 11.5 Å². The molecule has 2 aromatic heterocycles. The number of ether oxygens (including phenoxy) is 2. The van der Waals surface area contributed by atoms with E-state index in [0.717, 1.165) is 0 Å². The molecule has 136 valence electrons. The number of nitrogens with one attached hydrogen (secondary N) is 1. The first kappa shape index (κ1) is 18.0. The second-order valence-corrected chi connectivity index (χ2v) is 7.00. The number of benzene rings is 1. The minimum atomic E-state index is -4.34. The normalized spacial score (nSPS) is 11.3. The molecular weight excluding hydrogens is 382 g/mol. The Kier molecular flexibility index (Phi) is 5.01. The molecule has 26 heavy (non-hydrogen) atoms. The van der Waals surface area contributed by atoms with E-state index in [9.17, 15) is 13.2 Å². The smallest absolute Gasteiger partial charge is 0.426 e. The van der Waals surface area contributed by atoms with E-state index < -0.39 is 16.1 Å². The molecule has 0 aliphatic carbocycles. The predicted molar refractivity (Wildman–Crippen MR) is 94.2 cm³/mol. The van der Waals surface area contributed by atoms with Crippen LogP contribution in [0.4, 0.5) is 4.79 Å². The quantitative estimate of drug-likeness (QED) is 0.713. The van der Waals surface area contributed by atoms with Crippen LogP contribution in [0, 0.1) is 0 Å². The number of carbonyl (C=O) groups is 1. The van der Waals surface area contributed by atoms with Gasteiger partial charge in [0.2, 0.25) is 0 Å². The number of carbonyl (C=O) groups excluding carboxylic acids is 1. The summed E-state index contributed by atoms with van der Waals surface area (Å²) in [6, 6.07) is 11.2. The molecule has 0 saturated carbocycles. The molecule has 10 heteroatoms. The number of pyridine rings is 1. The molecule has 1 N–H and O–H groups in total. The monoisotopic (exact) mass is 395 g/mol. The van der Waals surface area contributed by atoms with Crippen LogP contribution in [0.3, 0.4) is 0 Å². The predicted octanol–water partition coefficient (Wildman–Crippen LogP) is 2.86. The molecule has 0 fully saturated rings. The summed E-state index contributed by atoms with van der Waals surface area (Å²) in [5.74, 6) is 0.625. The van der Waals surface area contributed by atoms with E-state index in [2.05, 4.69) is 4.98 Å². The summed E-state index contributed by atoms with van der Waals surface area (Å²) >= 11 is 5.98. The third kappa shape index (κ3) is 3.73. The lowest BCUT2D eigenvalue weighted by Crippen LogP contribution is -2.33. The van der Waals surface area contributed by atoms with Gasteiger partial charge in [0.1, 0.15) is 17.1 Å². The van der Waals surface area contributed by atoms with Gasteiger partial charge in [0.15, 0.2) is 10.2 Å². The highest BCUT2D eigenvalue weighted by Crippen LogP contribution is 2.25. The molecule has 3 rings (SSSR count). The maximum Gasteiger partial charge on any atom is 0.426 e. The van der Waals surface area contributed by atoms with Gasteiger partial charge in [0.05, 0.1) is 12.8 Å². The number of rotatable bonds is 5. The van der Waals surface area contributed by atoms with Crippen molar-refractivity contribution in [3.05, 3.63) is 53.8 Å². The zero-order valence-electron chi connectivity index (χ0n) is 13.5. The molecule has 0 bridgehead atoms. The molecule has 8 nitrogen and oxygen atoms in total. The van der Waals surface area contributed by atoms with Gasteiger partial charge in [0, 0.05) is 0 Å². The van der Waals surface area contributed by atoms with Gasteiger partial charge >= 0.3 is 6.09 Å². The summed E-state index contributed by atoms with van der Waals surface area (Å²) in [4.78, 5) is 15.9. The molecular formula is C16H14ClN3O5S. The summed E-state index contributed by atoms with van der Waals surface area (Å²) < 4.78 is 38.5. The van der Waals surface area contributed by atoms with Crippen molar-refractivity contribution < 1.29 is 22.7 Å². The Morgan fingerprint density at radius 1 is 1.19 bits per heavy atom. The molecule has 0 atom stereocenters. The van der Waals surface area contributed by atoms with Gasteiger partial charge in [-0.05, 0) is 31.2 Å². The Balaban J connectivity index is 1.92. The topological polar surface area (TPSA) is 99.0 Å². The number of para-hydroxylation sites is 1. The van der Waals surface area contributed by atoms with Gasteiger partial charge in [0.25, 0.3) is 10.0 Å². The fraction of sp³-hybridized carbons (Fsp3) is 0.125. The van der Waals surface area contributed by atoms with Crippen LogP contribution < -0.4 is 14.2 Å². The Labute approximate surface area is 154 Å². The van der Waals surface area contributed by atoms with Crippen molar-refractivity contribution in [1.29, 1.82) is 0 Å². The first-order valence-electron chi connectivity index (χ1n) is 7.51. The van der Waals surface area contributed by atoms with Crippen LogP contribution in [0.15, 0.2) is 53.7 Å². The summed E-state index contributed by atoms with van der Waals surface area (Å²) in [6.45, 7) is 2.20. The average Bonchev–Trinajstić information content (AvgIpc) is 2.91. The van der Waals surface area contributed by atoms with Crippen molar-refractivity contribution in [2.75, 3.05) is 6.61 Å². The first-order chi connectivity index (χ1) is 12.4. The number of imidazole rings is 1. The molecule has 1 amide bonds. The van der Waals surface area contributed by atoms with E-state index in [1.807, 2.05) is 4.72 Å². The van der Waals surface area contributed by atoms with Crippen LogP contribution in [0.25, 0.3) is 5.65 Å². The number of aromatic nitrogens is 2. The van der Waals surface area contributed by atoms with Crippen LogP contribution >= 0.6 is 11.6 Å².